The molecule has 0 bridgehead atoms. The van der Waals surface area contributed by atoms with Gasteiger partial charge in [0.15, 0.2) is 24.5 Å². The van der Waals surface area contributed by atoms with E-state index in [-0.39, 0.29) is 34.7 Å². The fraction of sp³-hybridized carbons (Fsp3) is 0.0625. The summed E-state index contributed by atoms with van der Waals surface area (Å²) < 4.78 is 24.1. The van der Waals surface area contributed by atoms with Gasteiger partial charge in [-0.25, -0.2) is 4.39 Å². The SMILES string of the molecule is O=Cc1cc([N+](=O)[O-])ccc1Sc1nnc(COc2ccccc2F)o1. The summed E-state index contributed by atoms with van der Waals surface area (Å²) in [7, 11) is 0. The van der Waals surface area contributed by atoms with Crippen molar-refractivity contribution in [2.75, 3.05) is 0 Å². The molecule has 0 radical (unpaired) electrons. The number of ether oxygens (including phenoxy) is 1. The maximum Gasteiger partial charge on any atom is 0.281 e. The molecule has 3 aromatic rings. The summed E-state index contributed by atoms with van der Waals surface area (Å²) >= 11 is 0.981. The van der Waals surface area contributed by atoms with E-state index in [0.717, 1.165) is 17.8 Å². The fourth-order valence-corrected chi connectivity index (χ4v) is 2.74. The molecule has 10 heteroatoms. The third kappa shape index (κ3) is 4.03. The highest BCUT2D eigenvalue weighted by atomic mass is 32.2. The van der Waals surface area contributed by atoms with E-state index in [1.807, 2.05) is 0 Å². The number of halogens is 1. The molecule has 0 unspecified atom stereocenters. The van der Waals surface area contributed by atoms with Crippen LogP contribution in [0.5, 0.6) is 5.75 Å². The van der Waals surface area contributed by atoms with Crippen LogP contribution in [0.2, 0.25) is 0 Å². The van der Waals surface area contributed by atoms with E-state index < -0.39 is 10.7 Å². The van der Waals surface area contributed by atoms with Gasteiger partial charge in [-0.05, 0) is 30.0 Å². The first-order valence-electron chi connectivity index (χ1n) is 7.18. The normalized spacial score (nSPS) is 10.5. The van der Waals surface area contributed by atoms with Crippen LogP contribution in [0.3, 0.4) is 0 Å². The Hall–Kier alpha value is -3.27. The Morgan fingerprint density at radius 2 is 2.08 bits per heavy atom. The summed E-state index contributed by atoms with van der Waals surface area (Å²) in [5.41, 5.74) is -0.0625. The van der Waals surface area contributed by atoms with Crippen molar-refractivity contribution in [2.45, 2.75) is 16.7 Å². The second-order valence-electron chi connectivity index (χ2n) is 4.88. The van der Waals surface area contributed by atoms with Crippen molar-refractivity contribution >= 4 is 23.7 Å². The number of aromatic nitrogens is 2. The highest BCUT2D eigenvalue weighted by molar-refractivity contribution is 7.99. The molecule has 26 heavy (non-hydrogen) atoms. The standard InChI is InChI=1S/C16H10FN3O5S/c17-12-3-1-2-4-13(12)24-9-15-18-19-16(25-15)26-14-6-5-11(20(22)23)7-10(14)8-21/h1-8H,9H2. The van der Waals surface area contributed by atoms with Crippen molar-refractivity contribution in [3.05, 3.63) is 69.9 Å². The van der Waals surface area contributed by atoms with Gasteiger partial charge in [0.25, 0.3) is 16.8 Å². The Bertz CT molecular complexity index is 963. The number of nitro groups is 1. The second kappa shape index (κ2) is 7.74. The molecule has 132 valence electrons. The van der Waals surface area contributed by atoms with Crippen LogP contribution in [0.25, 0.3) is 0 Å². The van der Waals surface area contributed by atoms with Crippen LogP contribution in [-0.2, 0) is 6.61 Å². The number of non-ortho nitro benzene ring substituents is 1. The predicted molar refractivity (Wildman–Crippen MR) is 87.6 cm³/mol. The van der Waals surface area contributed by atoms with Crippen LogP contribution < -0.4 is 4.74 Å². The zero-order chi connectivity index (χ0) is 18.5. The van der Waals surface area contributed by atoms with Crippen LogP contribution in [0, 0.1) is 15.9 Å². The average molecular weight is 375 g/mol. The molecular formula is C16H10FN3O5S. The topological polar surface area (TPSA) is 108 Å². The number of hydrogen-bond acceptors (Lipinski definition) is 8. The molecule has 0 atom stereocenters. The zero-order valence-electron chi connectivity index (χ0n) is 13.0. The van der Waals surface area contributed by atoms with Crippen molar-refractivity contribution < 1.29 is 23.3 Å². The molecule has 1 aromatic heterocycles. The molecule has 0 aliphatic heterocycles. The first-order chi connectivity index (χ1) is 12.6. The second-order valence-corrected chi connectivity index (χ2v) is 5.87. The first kappa shape index (κ1) is 17.5. The van der Waals surface area contributed by atoms with E-state index in [1.165, 1.54) is 24.3 Å². The molecule has 0 N–H and O–H groups in total. The third-order valence-corrected chi connectivity index (χ3v) is 4.10. The summed E-state index contributed by atoms with van der Waals surface area (Å²) in [4.78, 5) is 21.7. The number of aldehydes is 1. The zero-order valence-corrected chi connectivity index (χ0v) is 13.8. The summed E-state index contributed by atoms with van der Waals surface area (Å²) in [6.07, 6.45) is 0.508. The largest absolute Gasteiger partial charge is 0.481 e. The highest BCUT2D eigenvalue weighted by Crippen LogP contribution is 2.31. The van der Waals surface area contributed by atoms with Gasteiger partial charge in [0, 0.05) is 22.6 Å². The van der Waals surface area contributed by atoms with Gasteiger partial charge >= 0.3 is 0 Å². The average Bonchev–Trinajstić information content (AvgIpc) is 3.08. The monoisotopic (exact) mass is 375 g/mol. The van der Waals surface area contributed by atoms with E-state index >= 15 is 0 Å². The predicted octanol–water partition coefficient (Wildman–Crippen LogP) is 3.66. The Labute approximate surface area is 150 Å². The van der Waals surface area contributed by atoms with E-state index in [1.54, 1.807) is 12.1 Å². The van der Waals surface area contributed by atoms with Crippen LogP contribution in [0.15, 0.2) is 57.0 Å². The lowest BCUT2D eigenvalue weighted by molar-refractivity contribution is -0.384. The van der Waals surface area contributed by atoms with Crippen LogP contribution in [-0.4, -0.2) is 21.4 Å². The first-order valence-corrected chi connectivity index (χ1v) is 7.99. The van der Waals surface area contributed by atoms with Gasteiger partial charge in [0.05, 0.1) is 4.92 Å². The highest BCUT2D eigenvalue weighted by Gasteiger charge is 2.15. The Morgan fingerprint density at radius 3 is 2.81 bits per heavy atom. The van der Waals surface area contributed by atoms with Crippen LogP contribution in [0.1, 0.15) is 16.2 Å². The number of rotatable bonds is 7. The third-order valence-electron chi connectivity index (χ3n) is 3.16. The molecule has 1 heterocycles. The minimum Gasteiger partial charge on any atom is -0.481 e. The molecule has 0 spiro atoms. The van der Waals surface area contributed by atoms with Gasteiger partial charge in [-0.1, -0.05) is 12.1 Å². The molecule has 0 aliphatic carbocycles. The number of nitrogens with zero attached hydrogens (tertiary/aromatic N) is 3. The summed E-state index contributed by atoms with van der Waals surface area (Å²) in [5, 5.41) is 18.5. The number of carbonyl (C=O) groups is 1. The Balaban J connectivity index is 1.70. The summed E-state index contributed by atoms with van der Waals surface area (Å²) in [5.74, 6) is -0.341. The minimum atomic E-state index is -0.591. The van der Waals surface area contributed by atoms with E-state index in [9.17, 15) is 19.3 Å². The molecule has 8 nitrogen and oxygen atoms in total. The fourth-order valence-electron chi connectivity index (χ4n) is 1.97. The molecule has 0 fully saturated rings. The lowest BCUT2D eigenvalue weighted by atomic mass is 10.2. The molecule has 0 saturated heterocycles. The maximum absolute atomic E-state index is 13.5. The molecule has 3 rings (SSSR count). The van der Waals surface area contributed by atoms with Crippen LogP contribution in [0.4, 0.5) is 10.1 Å². The Morgan fingerprint density at radius 1 is 1.27 bits per heavy atom. The minimum absolute atomic E-state index is 0.0542. The van der Waals surface area contributed by atoms with Crippen molar-refractivity contribution in [2.24, 2.45) is 0 Å². The molecule has 0 saturated carbocycles. The Kier molecular flexibility index (Phi) is 5.23. The number of hydrogen-bond donors (Lipinski definition) is 0. The lowest BCUT2D eigenvalue weighted by Crippen LogP contribution is -1.97. The number of para-hydroxylation sites is 1. The van der Waals surface area contributed by atoms with Gasteiger partial charge in [-0.3, -0.25) is 14.9 Å². The van der Waals surface area contributed by atoms with Gasteiger partial charge in [0.2, 0.25) is 0 Å². The number of carbonyl (C=O) groups excluding carboxylic acids is 1. The van der Waals surface area contributed by atoms with Crippen molar-refractivity contribution in [3.63, 3.8) is 0 Å². The van der Waals surface area contributed by atoms with Gasteiger partial charge in [-0.15, -0.1) is 10.2 Å². The van der Waals surface area contributed by atoms with Crippen LogP contribution >= 0.6 is 11.8 Å². The van der Waals surface area contributed by atoms with Crippen molar-refractivity contribution in [1.82, 2.24) is 10.2 Å². The summed E-state index contributed by atoms with van der Waals surface area (Å²) in [6.45, 7) is -0.130. The summed E-state index contributed by atoms with van der Waals surface area (Å²) in [6, 6.07) is 9.75. The molecular weight excluding hydrogens is 365 g/mol. The molecule has 0 amide bonds. The van der Waals surface area contributed by atoms with E-state index in [4.69, 9.17) is 9.15 Å². The van der Waals surface area contributed by atoms with Crippen molar-refractivity contribution in [1.29, 1.82) is 0 Å². The van der Waals surface area contributed by atoms with E-state index in [2.05, 4.69) is 10.2 Å². The van der Waals surface area contributed by atoms with Gasteiger partial charge < -0.3 is 9.15 Å². The maximum atomic E-state index is 13.5. The number of nitro benzene ring substituents is 1. The molecule has 0 aliphatic rings. The number of benzene rings is 2. The quantitative estimate of drug-likeness (QED) is 0.350. The van der Waals surface area contributed by atoms with Gasteiger partial charge in [0.1, 0.15) is 0 Å². The molecule has 2 aromatic carbocycles. The van der Waals surface area contributed by atoms with Crippen molar-refractivity contribution in [3.8, 4) is 5.75 Å². The van der Waals surface area contributed by atoms with E-state index in [0.29, 0.717) is 11.2 Å². The van der Waals surface area contributed by atoms with Gasteiger partial charge in [-0.2, -0.15) is 0 Å². The lowest BCUT2D eigenvalue weighted by Gasteiger charge is -2.03. The smallest absolute Gasteiger partial charge is 0.281 e.